The Hall–Kier alpha value is -1.84. The summed E-state index contributed by atoms with van der Waals surface area (Å²) in [6.07, 6.45) is 6.65. The Balaban J connectivity index is 0.00000182. The number of anilines is 1. The fourth-order valence-electron chi connectivity index (χ4n) is 3.53. The average molecular weight is 351 g/mol. The monoisotopic (exact) mass is 351 g/mol. The van der Waals surface area contributed by atoms with Crippen LogP contribution in [0, 0.1) is 12.8 Å². The van der Waals surface area contributed by atoms with Gasteiger partial charge in [0.05, 0.1) is 23.5 Å². The molecule has 2 aromatic heterocycles. The van der Waals surface area contributed by atoms with Crippen LogP contribution in [0.25, 0.3) is 11.4 Å². The molecule has 0 saturated heterocycles. The van der Waals surface area contributed by atoms with Crippen LogP contribution in [-0.2, 0) is 4.79 Å². The molecule has 1 saturated carbocycles. The molecule has 1 aliphatic carbocycles. The fourth-order valence-corrected chi connectivity index (χ4v) is 3.53. The van der Waals surface area contributed by atoms with E-state index in [9.17, 15) is 4.79 Å². The van der Waals surface area contributed by atoms with E-state index in [4.69, 9.17) is 5.11 Å². The number of nitrogens with zero attached hydrogens (tertiary/aromatic N) is 4. The van der Waals surface area contributed by atoms with Gasteiger partial charge in [0.25, 0.3) is 0 Å². The Labute approximate surface area is 167 Å². The first-order valence-electron chi connectivity index (χ1n) is 8.82. The van der Waals surface area contributed by atoms with Gasteiger partial charge in [-0.3, -0.25) is 4.79 Å². The van der Waals surface area contributed by atoms with Crippen molar-refractivity contribution in [2.75, 3.05) is 5.32 Å². The molecule has 0 aromatic carbocycles. The molecule has 2 heterocycles. The summed E-state index contributed by atoms with van der Waals surface area (Å²) in [4.78, 5) is 24.4. The zero-order valence-electron chi connectivity index (χ0n) is 16.9. The fraction of sp³-hybridized carbons (Fsp3) is 0.556. The van der Waals surface area contributed by atoms with Gasteiger partial charge in [0.15, 0.2) is 0 Å². The molecule has 0 atom stereocenters. The van der Waals surface area contributed by atoms with E-state index in [1.807, 2.05) is 19.2 Å². The van der Waals surface area contributed by atoms with E-state index in [2.05, 4.69) is 38.7 Å². The van der Waals surface area contributed by atoms with Crippen molar-refractivity contribution in [2.24, 2.45) is 5.92 Å². The molecule has 0 radical (unpaired) electrons. The van der Waals surface area contributed by atoms with Crippen molar-refractivity contribution in [1.82, 2.24) is 19.5 Å². The largest absolute Gasteiger partial charge is 1.00 e. The summed E-state index contributed by atoms with van der Waals surface area (Å²) < 4.78 is 2.16. The van der Waals surface area contributed by atoms with Gasteiger partial charge in [-0.15, -0.1) is 0 Å². The number of aromatic nitrogens is 4. The van der Waals surface area contributed by atoms with Crippen LogP contribution in [0.3, 0.4) is 0 Å². The van der Waals surface area contributed by atoms with Crippen molar-refractivity contribution in [3.63, 3.8) is 0 Å². The van der Waals surface area contributed by atoms with E-state index in [0.29, 0.717) is 24.8 Å². The van der Waals surface area contributed by atoms with Gasteiger partial charge in [-0.2, -0.15) is 0 Å². The van der Waals surface area contributed by atoms with Crippen LogP contribution in [0.1, 0.15) is 52.8 Å². The average Bonchev–Trinajstić information content (AvgIpc) is 2.97. The van der Waals surface area contributed by atoms with Gasteiger partial charge >= 0.3 is 24.8 Å². The third-order valence-electron chi connectivity index (χ3n) is 4.83. The van der Waals surface area contributed by atoms with Crippen LogP contribution >= 0.6 is 0 Å². The molecule has 1 aliphatic rings. The van der Waals surface area contributed by atoms with Gasteiger partial charge in [-0.25, -0.2) is 15.0 Å². The summed E-state index contributed by atoms with van der Waals surface area (Å²) in [7, 11) is 0. The molecule has 2 aromatic rings. The number of hydrogen-bond acceptors (Lipinski definition) is 5. The summed E-state index contributed by atoms with van der Waals surface area (Å²) in [5.74, 6) is 0.651. The quantitative estimate of drug-likeness (QED) is 0.758. The van der Waals surface area contributed by atoms with E-state index in [1.54, 1.807) is 6.20 Å². The first-order valence-corrected chi connectivity index (χ1v) is 8.82. The number of hydrogen-bond donors (Lipinski definition) is 2. The first-order chi connectivity index (χ1) is 12.0. The third-order valence-corrected chi connectivity index (χ3v) is 4.83. The molecule has 26 heavy (non-hydrogen) atoms. The molecule has 7 nitrogen and oxygen atoms in total. The van der Waals surface area contributed by atoms with Crippen molar-refractivity contribution in [3.05, 3.63) is 24.3 Å². The van der Waals surface area contributed by atoms with E-state index in [1.165, 1.54) is 0 Å². The molecule has 0 unspecified atom stereocenters. The van der Waals surface area contributed by atoms with Gasteiger partial charge in [-0.05, 0) is 52.5 Å². The van der Waals surface area contributed by atoms with Crippen LogP contribution in [0.5, 0.6) is 0 Å². The first kappa shape index (κ1) is 20.5. The smallest absolute Gasteiger partial charge is 1.00 e. The standard InChI is InChI=1S/C18H25N5O2.Li.H/c1-11(2)23-12(3)20-10-16(23)15-8-9-19-18(22-15)21-14-6-4-13(5-7-14)17(24)25;;/h8-11,13-14H,4-7H2,1-3H3,(H,24,25)(H,19,21,22);;/q;+1;-1. The zero-order chi connectivity index (χ0) is 18.0. The number of carboxylic acids is 1. The van der Waals surface area contributed by atoms with Crippen LogP contribution in [0.4, 0.5) is 5.95 Å². The van der Waals surface area contributed by atoms with Gasteiger partial charge in [0.2, 0.25) is 5.95 Å². The molecular formula is C18H26LiN5O2. The summed E-state index contributed by atoms with van der Waals surface area (Å²) in [6.45, 7) is 6.24. The Kier molecular flexibility index (Phi) is 6.85. The second-order valence-electron chi connectivity index (χ2n) is 6.95. The van der Waals surface area contributed by atoms with Gasteiger partial charge in [0, 0.05) is 18.3 Å². The van der Waals surface area contributed by atoms with Gasteiger partial charge < -0.3 is 16.4 Å². The van der Waals surface area contributed by atoms with Crippen LogP contribution in [0.15, 0.2) is 18.5 Å². The van der Waals surface area contributed by atoms with E-state index in [0.717, 1.165) is 30.1 Å². The molecule has 2 N–H and O–H groups in total. The van der Waals surface area contributed by atoms with E-state index in [-0.39, 0.29) is 32.2 Å². The summed E-state index contributed by atoms with van der Waals surface area (Å²) in [6, 6.07) is 2.42. The molecule has 0 bridgehead atoms. The van der Waals surface area contributed by atoms with Gasteiger partial charge in [0.1, 0.15) is 5.82 Å². The van der Waals surface area contributed by atoms with Crippen LogP contribution in [-0.4, -0.2) is 36.6 Å². The van der Waals surface area contributed by atoms with Gasteiger partial charge in [-0.1, -0.05) is 0 Å². The van der Waals surface area contributed by atoms with E-state index >= 15 is 0 Å². The minimum atomic E-state index is -0.686. The van der Waals surface area contributed by atoms with Crippen LogP contribution < -0.4 is 24.2 Å². The second-order valence-corrected chi connectivity index (χ2v) is 6.95. The molecule has 1 fully saturated rings. The normalized spacial score (nSPS) is 19.8. The number of carbonyl (C=O) groups is 1. The number of aliphatic carboxylic acids is 1. The predicted octanol–water partition coefficient (Wildman–Crippen LogP) is 0.401. The minimum Gasteiger partial charge on any atom is -1.00 e. The van der Waals surface area contributed by atoms with Crippen LogP contribution in [0.2, 0.25) is 0 Å². The maximum absolute atomic E-state index is 11.1. The van der Waals surface area contributed by atoms with Crippen molar-refractivity contribution >= 4 is 11.9 Å². The number of rotatable bonds is 5. The molecule has 0 spiro atoms. The Morgan fingerprint density at radius 2 is 2.00 bits per heavy atom. The van der Waals surface area contributed by atoms with Crippen molar-refractivity contribution < 1.29 is 30.2 Å². The van der Waals surface area contributed by atoms with Crippen molar-refractivity contribution in [3.8, 4) is 11.4 Å². The Morgan fingerprint density at radius 1 is 1.31 bits per heavy atom. The van der Waals surface area contributed by atoms with Crippen molar-refractivity contribution in [1.29, 1.82) is 0 Å². The van der Waals surface area contributed by atoms with E-state index < -0.39 is 5.97 Å². The Morgan fingerprint density at radius 3 is 2.62 bits per heavy atom. The topological polar surface area (TPSA) is 92.9 Å². The molecule has 8 heteroatoms. The summed E-state index contributed by atoms with van der Waals surface area (Å²) >= 11 is 0. The predicted molar refractivity (Wildman–Crippen MR) is 96.5 cm³/mol. The SMILES string of the molecule is Cc1ncc(-c2ccnc(NC3CCC(C(=O)O)CC3)n2)n1C(C)C.[H-].[Li+]. The Bertz CT molecular complexity index is 760. The number of nitrogens with one attached hydrogen (secondary N) is 1. The second kappa shape index (κ2) is 8.70. The third kappa shape index (κ3) is 4.46. The zero-order valence-corrected chi connectivity index (χ0v) is 15.9. The number of aryl methyl sites for hydroxylation is 1. The molecule has 3 rings (SSSR count). The molecule has 136 valence electrons. The maximum atomic E-state index is 11.1. The summed E-state index contributed by atoms with van der Waals surface area (Å²) in [5.41, 5.74) is 1.82. The minimum absolute atomic E-state index is 0. The van der Waals surface area contributed by atoms with Crippen molar-refractivity contribution in [2.45, 2.75) is 58.5 Å². The molecule has 0 amide bonds. The number of imidazole rings is 1. The molecular weight excluding hydrogens is 325 g/mol. The maximum Gasteiger partial charge on any atom is 1.00 e. The number of carboxylic acid groups (broad SMARTS) is 1. The summed E-state index contributed by atoms with van der Waals surface area (Å²) in [5, 5.41) is 12.5. The molecule has 0 aliphatic heterocycles.